The van der Waals surface area contributed by atoms with Crippen LogP contribution in [0.4, 0.5) is 5.69 Å². The van der Waals surface area contributed by atoms with Gasteiger partial charge in [0.1, 0.15) is 0 Å². The van der Waals surface area contributed by atoms with Crippen LogP contribution in [0.25, 0.3) is 0 Å². The number of benzene rings is 1. The second kappa shape index (κ2) is 8.20. The Hall–Kier alpha value is -0.980. The number of para-hydroxylation sites is 1. The summed E-state index contributed by atoms with van der Waals surface area (Å²) in [6.45, 7) is 5.69. The monoisotopic (exact) mass is 219 g/mol. The maximum absolute atomic E-state index is 3.49. The van der Waals surface area contributed by atoms with E-state index in [0.717, 1.165) is 12.5 Å². The Morgan fingerprint density at radius 2 is 1.81 bits per heavy atom. The minimum Gasteiger partial charge on any atom is -0.385 e. The summed E-state index contributed by atoms with van der Waals surface area (Å²) in [5, 5.41) is 3.49. The molecule has 0 spiro atoms. The minimum atomic E-state index is 0.775. The van der Waals surface area contributed by atoms with Crippen molar-refractivity contribution < 1.29 is 0 Å². The highest BCUT2D eigenvalue weighted by Gasteiger charge is 2.01. The summed E-state index contributed by atoms with van der Waals surface area (Å²) in [7, 11) is 0. The van der Waals surface area contributed by atoms with Gasteiger partial charge in [0.2, 0.25) is 0 Å². The fourth-order valence-electron chi connectivity index (χ4n) is 1.87. The first-order chi connectivity index (χ1) is 7.83. The van der Waals surface area contributed by atoms with Crippen molar-refractivity contribution in [2.45, 2.75) is 46.0 Å². The zero-order valence-electron chi connectivity index (χ0n) is 10.7. The van der Waals surface area contributed by atoms with E-state index in [9.17, 15) is 0 Å². The second-order valence-electron chi connectivity index (χ2n) is 4.70. The Balaban J connectivity index is 2.08. The molecule has 1 aromatic carbocycles. The largest absolute Gasteiger partial charge is 0.385 e. The number of hydrogen-bond donors (Lipinski definition) is 1. The van der Waals surface area contributed by atoms with E-state index in [1.165, 1.54) is 37.8 Å². The summed E-state index contributed by atoms with van der Waals surface area (Å²) in [4.78, 5) is 0. The Bertz CT molecular complexity index is 255. The van der Waals surface area contributed by atoms with Crippen LogP contribution < -0.4 is 5.32 Å². The molecule has 0 aromatic heterocycles. The zero-order chi connectivity index (χ0) is 11.6. The molecule has 16 heavy (non-hydrogen) atoms. The van der Waals surface area contributed by atoms with Gasteiger partial charge in [0.15, 0.2) is 0 Å². The number of anilines is 1. The quantitative estimate of drug-likeness (QED) is 0.625. The van der Waals surface area contributed by atoms with Crippen molar-refractivity contribution in [1.29, 1.82) is 0 Å². The molecule has 1 heteroatoms. The van der Waals surface area contributed by atoms with E-state index in [4.69, 9.17) is 0 Å². The molecule has 0 unspecified atom stereocenters. The average Bonchev–Trinajstić information content (AvgIpc) is 2.33. The normalized spacial score (nSPS) is 12.4. The van der Waals surface area contributed by atoms with E-state index >= 15 is 0 Å². The van der Waals surface area contributed by atoms with Crippen LogP contribution in [0.5, 0.6) is 0 Å². The SMILES string of the molecule is CCCCCC[C@H](C)CNc1ccccc1. The van der Waals surface area contributed by atoms with Gasteiger partial charge in [-0.2, -0.15) is 0 Å². The maximum Gasteiger partial charge on any atom is 0.0340 e. The minimum absolute atomic E-state index is 0.775. The Labute approximate surface area is 100 Å². The molecule has 0 aliphatic rings. The predicted octanol–water partition coefficient (Wildman–Crippen LogP) is 4.71. The van der Waals surface area contributed by atoms with Crippen LogP contribution in [0, 0.1) is 5.92 Å². The maximum atomic E-state index is 3.49. The van der Waals surface area contributed by atoms with Crippen molar-refractivity contribution in [3.8, 4) is 0 Å². The van der Waals surface area contributed by atoms with Crippen LogP contribution in [0.15, 0.2) is 30.3 Å². The molecule has 0 fully saturated rings. The van der Waals surface area contributed by atoms with Gasteiger partial charge in [0, 0.05) is 12.2 Å². The highest BCUT2D eigenvalue weighted by Crippen LogP contribution is 2.12. The van der Waals surface area contributed by atoms with Crippen molar-refractivity contribution in [2.24, 2.45) is 5.92 Å². The topological polar surface area (TPSA) is 12.0 Å². The van der Waals surface area contributed by atoms with Crippen LogP contribution in [-0.4, -0.2) is 6.54 Å². The summed E-state index contributed by atoms with van der Waals surface area (Å²) in [5.41, 5.74) is 1.24. The van der Waals surface area contributed by atoms with E-state index in [-0.39, 0.29) is 0 Å². The summed E-state index contributed by atoms with van der Waals surface area (Å²) in [6, 6.07) is 10.5. The average molecular weight is 219 g/mol. The van der Waals surface area contributed by atoms with Crippen LogP contribution in [-0.2, 0) is 0 Å². The molecular formula is C15H25N. The number of nitrogens with one attached hydrogen (secondary N) is 1. The van der Waals surface area contributed by atoms with Gasteiger partial charge >= 0.3 is 0 Å². The third-order valence-electron chi connectivity index (χ3n) is 2.98. The van der Waals surface area contributed by atoms with Crippen molar-refractivity contribution in [2.75, 3.05) is 11.9 Å². The van der Waals surface area contributed by atoms with Crippen molar-refractivity contribution >= 4 is 5.69 Å². The lowest BCUT2D eigenvalue weighted by Gasteiger charge is -2.13. The Kier molecular flexibility index (Phi) is 6.71. The predicted molar refractivity (Wildman–Crippen MR) is 72.9 cm³/mol. The first-order valence-corrected chi connectivity index (χ1v) is 6.62. The van der Waals surface area contributed by atoms with Gasteiger partial charge in [0.05, 0.1) is 0 Å². The van der Waals surface area contributed by atoms with Crippen molar-refractivity contribution in [1.82, 2.24) is 0 Å². The molecular weight excluding hydrogens is 194 g/mol. The highest BCUT2D eigenvalue weighted by molar-refractivity contribution is 5.42. The van der Waals surface area contributed by atoms with E-state index in [1.807, 2.05) is 0 Å². The molecule has 0 aliphatic heterocycles. The van der Waals surface area contributed by atoms with Gasteiger partial charge in [0.25, 0.3) is 0 Å². The summed E-state index contributed by atoms with van der Waals surface area (Å²) in [5.74, 6) is 0.775. The van der Waals surface area contributed by atoms with E-state index < -0.39 is 0 Å². The number of unbranched alkanes of at least 4 members (excludes halogenated alkanes) is 3. The molecule has 0 radical (unpaired) electrons. The number of rotatable bonds is 8. The standard InChI is InChI=1S/C15H25N/c1-3-4-5-7-10-14(2)13-16-15-11-8-6-9-12-15/h6,8-9,11-12,14,16H,3-5,7,10,13H2,1-2H3/t14-/m0/s1. The highest BCUT2D eigenvalue weighted by atomic mass is 14.9. The summed E-state index contributed by atoms with van der Waals surface area (Å²) >= 11 is 0. The molecule has 0 bridgehead atoms. The summed E-state index contributed by atoms with van der Waals surface area (Å²) < 4.78 is 0. The third-order valence-corrected chi connectivity index (χ3v) is 2.98. The molecule has 1 N–H and O–H groups in total. The third kappa shape index (κ3) is 5.79. The molecule has 1 nitrogen and oxygen atoms in total. The zero-order valence-corrected chi connectivity index (χ0v) is 10.7. The molecule has 0 saturated heterocycles. The molecule has 1 aromatic rings. The van der Waals surface area contributed by atoms with Gasteiger partial charge in [-0.3, -0.25) is 0 Å². The van der Waals surface area contributed by atoms with Crippen LogP contribution in [0.3, 0.4) is 0 Å². The van der Waals surface area contributed by atoms with Gasteiger partial charge < -0.3 is 5.32 Å². The lowest BCUT2D eigenvalue weighted by molar-refractivity contribution is 0.508. The van der Waals surface area contributed by atoms with Crippen molar-refractivity contribution in [3.63, 3.8) is 0 Å². The number of hydrogen-bond acceptors (Lipinski definition) is 1. The van der Waals surface area contributed by atoms with Crippen molar-refractivity contribution in [3.05, 3.63) is 30.3 Å². The molecule has 1 rings (SSSR count). The molecule has 0 amide bonds. The van der Waals surface area contributed by atoms with Gasteiger partial charge in [-0.05, 0) is 24.5 Å². The van der Waals surface area contributed by atoms with Gasteiger partial charge in [-0.1, -0.05) is 57.7 Å². The fraction of sp³-hybridized carbons (Fsp3) is 0.600. The molecule has 1 atom stereocenters. The Morgan fingerprint density at radius 1 is 1.06 bits per heavy atom. The van der Waals surface area contributed by atoms with Crippen LogP contribution in [0.1, 0.15) is 46.0 Å². The molecule has 0 aliphatic carbocycles. The van der Waals surface area contributed by atoms with Gasteiger partial charge in [-0.15, -0.1) is 0 Å². The first kappa shape index (κ1) is 13.1. The first-order valence-electron chi connectivity index (χ1n) is 6.62. The van der Waals surface area contributed by atoms with E-state index in [0.29, 0.717) is 0 Å². The Morgan fingerprint density at radius 3 is 2.50 bits per heavy atom. The smallest absolute Gasteiger partial charge is 0.0340 e. The van der Waals surface area contributed by atoms with Gasteiger partial charge in [-0.25, -0.2) is 0 Å². The lowest BCUT2D eigenvalue weighted by atomic mass is 10.0. The van der Waals surface area contributed by atoms with E-state index in [2.05, 4.69) is 49.5 Å². The molecule has 0 heterocycles. The van der Waals surface area contributed by atoms with E-state index in [1.54, 1.807) is 0 Å². The second-order valence-corrected chi connectivity index (χ2v) is 4.70. The molecule has 90 valence electrons. The fourth-order valence-corrected chi connectivity index (χ4v) is 1.87. The van der Waals surface area contributed by atoms with Crippen LogP contribution >= 0.6 is 0 Å². The lowest BCUT2D eigenvalue weighted by Crippen LogP contribution is -2.11. The summed E-state index contributed by atoms with van der Waals surface area (Å²) in [6.07, 6.45) is 6.84. The molecule has 0 saturated carbocycles. The van der Waals surface area contributed by atoms with Crippen LogP contribution in [0.2, 0.25) is 0 Å².